The predicted octanol–water partition coefficient (Wildman–Crippen LogP) is 3.16. The highest BCUT2D eigenvalue weighted by Crippen LogP contribution is 2.20. The lowest BCUT2D eigenvalue weighted by Crippen LogP contribution is -2.26. The van der Waals surface area contributed by atoms with Crippen molar-refractivity contribution in [3.63, 3.8) is 0 Å². The first-order valence-electron chi connectivity index (χ1n) is 5.80. The van der Waals surface area contributed by atoms with Crippen LogP contribution in [0.5, 0.6) is 0 Å². The van der Waals surface area contributed by atoms with Crippen molar-refractivity contribution in [1.82, 2.24) is 5.32 Å². The highest BCUT2D eigenvalue weighted by atomic mass is 35.5. The molecular formula is C13H19ClN2O. The maximum Gasteiger partial charge on any atom is 0.253 e. The van der Waals surface area contributed by atoms with E-state index >= 15 is 0 Å². The van der Waals surface area contributed by atoms with Gasteiger partial charge in [0.05, 0.1) is 5.56 Å². The van der Waals surface area contributed by atoms with Gasteiger partial charge in [0.25, 0.3) is 5.91 Å². The molecule has 17 heavy (non-hydrogen) atoms. The lowest BCUT2D eigenvalue weighted by molar-refractivity contribution is 0.0953. The van der Waals surface area contributed by atoms with E-state index in [2.05, 4.69) is 24.5 Å². The number of benzene rings is 1. The SMILES string of the molecule is CNc1ccc(Cl)cc1C(=O)NCCC(C)C. The second kappa shape index (κ2) is 6.50. The van der Waals surface area contributed by atoms with E-state index in [1.54, 1.807) is 25.2 Å². The van der Waals surface area contributed by atoms with E-state index in [-0.39, 0.29) is 5.91 Å². The van der Waals surface area contributed by atoms with E-state index in [1.807, 2.05) is 0 Å². The van der Waals surface area contributed by atoms with Crippen molar-refractivity contribution < 1.29 is 4.79 Å². The Morgan fingerprint density at radius 2 is 2.12 bits per heavy atom. The van der Waals surface area contributed by atoms with Gasteiger partial charge < -0.3 is 10.6 Å². The van der Waals surface area contributed by atoms with Gasteiger partial charge in [-0.25, -0.2) is 0 Å². The molecule has 0 aliphatic rings. The summed E-state index contributed by atoms with van der Waals surface area (Å²) in [6.45, 7) is 4.95. The van der Waals surface area contributed by atoms with Gasteiger partial charge in [0.2, 0.25) is 0 Å². The number of carbonyl (C=O) groups excluding carboxylic acids is 1. The number of anilines is 1. The van der Waals surface area contributed by atoms with Gasteiger partial charge >= 0.3 is 0 Å². The minimum absolute atomic E-state index is 0.0856. The molecule has 0 spiro atoms. The van der Waals surface area contributed by atoms with Gasteiger partial charge in [-0.3, -0.25) is 4.79 Å². The molecule has 1 rings (SSSR count). The van der Waals surface area contributed by atoms with Crippen LogP contribution in [0, 0.1) is 5.92 Å². The van der Waals surface area contributed by atoms with Crippen molar-refractivity contribution >= 4 is 23.2 Å². The fraction of sp³-hybridized carbons (Fsp3) is 0.462. The largest absolute Gasteiger partial charge is 0.387 e. The third-order valence-corrected chi connectivity index (χ3v) is 2.74. The van der Waals surface area contributed by atoms with E-state index in [0.29, 0.717) is 23.0 Å². The standard InChI is InChI=1S/C13H19ClN2O/c1-9(2)6-7-16-13(17)11-8-10(14)4-5-12(11)15-3/h4-5,8-9,15H,6-7H2,1-3H3,(H,16,17). The van der Waals surface area contributed by atoms with Gasteiger partial charge in [0, 0.05) is 24.3 Å². The van der Waals surface area contributed by atoms with E-state index in [9.17, 15) is 4.79 Å². The number of carbonyl (C=O) groups is 1. The summed E-state index contributed by atoms with van der Waals surface area (Å²) in [5, 5.41) is 6.45. The molecule has 3 nitrogen and oxygen atoms in total. The highest BCUT2D eigenvalue weighted by molar-refractivity contribution is 6.31. The Morgan fingerprint density at radius 1 is 1.41 bits per heavy atom. The summed E-state index contributed by atoms with van der Waals surface area (Å²) in [6, 6.07) is 5.25. The molecule has 0 saturated carbocycles. The summed E-state index contributed by atoms with van der Waals surface area (Å²) in [5.41, 5.74) is 1.38. The van der Waals surface area contributed by atoms with Crippen LogP contribution in [0.15, 0.2) is 18.2 Å². The molecule has 94 valence electrons. The van der Waals surface area contributed by atoms with E-state index in [1.165, 1.54) is 0 Å². The Hall–Kier alpha value is -1.22. The van der Waals surface area contributed by atoms with Crippen LogP contribution in [0.2, 0.25) is 5.02 Å². The molecule has 1 amide bonds. The third-order valence-electron chi connectivity index (χ3n) is 2.50. The van der Waals surface area contributed by atoms with Crippen molar-refractivity contribution in [2.45, 2.75) is 20.3 Å². The van der Waals surface area contributed by atoms with Crippen LogP contribution in [0.3, 0.4) is 0 Å². The molecule has 0 heterocycles. The number of hydrogen-bond donors (Lipinski definition) is 2. The van der Waals surface area contributed by atoms with Crippen LogP contribution >= 0.6 is 11.6 Å². The van der Waals surface area contributed by atoms with Crippen LogP contribution in [0.25, 0.3) is 0 Å². The van der Waals surface area contributed by atoms with Gasteiger partial charge in [0.15, 0.2) is 0 Å². The van der Waals surface area contributed by atoms with Crippen LogP contribution in [0.4, 0.5) is 5.69 Å². The molecule has 0 fully saturated rings. The maximum atomic E-state index is 11.9. The molecule has 1 aromatic rings. The Bertz CT molecular complexity index is 391. The fourth-order valence-electron chi connectivity index (χ4n) is 1.49. The summed E-state index contributed by atoms with van der Waals surface area (Å²) in [6.07, 6.45) is 0.973. The molecule has 4 heteroatoms. The van der Waals surface area contributed by atoms with Crippen molar-refractivity contribution in [2.24, 2.45) is 5.92 Å². The lowest BCUT2D eigenvalue weighted by atomic mass is 10.1. The smallest absolute Gasteiger partial charge is 0.253 e. The quantitative estimate of drug-likeness (QED) is 0.848. The third kappa shape index (κ3) is 4.27. The zero-order chi connectivity index (χ0) is 12.8. The van der Waals surface area contributed by atoms with Gasteiger partial charge in [-0.15, -0.1) is 0 Å². The summed E-state index contributed by atoms with van der Waals surface area (Å²) in [7, 11) is 1.79. The molecule has 0 aliphatic carbocycles. The lowest BCUT2D eigenvalue weighted by Gasteiger charge is -2.11. The summed E-state index contributed by atoms with van der Waals surface area (Å²) >= 11 is 5.89. The van der Waals surface area contributed by atoms with Crippen LogP contribution < -0.4 is 10.6 Å². The first-order valence-corrected chi connectivity index (χ1v) is 6.18. The van der Waals surface area contributed by atoms with Crippen molar-refractivity contribution in [3.8, 4) is 0 Å². The van der Waals surface area contributed by atoms with Crippen molar-refractivity contribution in [1.29, 1.82) is 0 Å². The van der Waals surface area contributed by atoms with E-state index in [0.717, 1.165) is 12.1 Å². The molecular weight excluding hydrogens is 236 g/mol. The van der Waals surface area contributed by atoms with Gasteiger partial charge in [-0.1, -0.05) is 25.4 Å². The second-order valence-electron chi connectivity index (χ2n) is 4.38. The number of halogens is 1. The minimum atomic E-state index is -0.0856. The molecule has 2 N–H and O–H groups in total. The first kappa shape index (κ1) is 13.8. The number of amides is 1. The number of rotatable bonds is 5. The van der Waals surface area contributed by atoms with Crippen molar-refractivity contribution in [3.05, 3.63) is 28.8 Å². The van der Waals surface area contributed by atoms with Crippen LogP contribution in [0.1, 0.15) is 30.6 Å². The molecule has 0 atom stereocenters. The normalized spacial score (nSPS) is 10.4. The molecule has 1 aromatic carbocycles. The molecule has 0 aromatic heterocycles. The zero-order valence-electron chi connectivity index (χ0n) is 10.5. The minimum Gasteiger partial charge on any atom is -0.387 e. The van der Waals surface area contributed by atoms with Gasteiger partial charge in [-0.05, 0) is 30.5 Å². The van der Waals surface area contributed by atoms with E-state index in [4.69, 9.17) is 11.6 Å². The Morgan fingerprint density at radius 3 is 2.71 bits per heavy atom. The zero-order valence-corrected chi connectivity index (χ0v) is 11.3. The van der Waals surface area contributed by atoms with Gasteiger partial charge in [-0.2, -0.15) is 0 Å². The molecule has 0 bridgehead atoms. The first-order chi connectivity index (χ1) is 8.04. The fourth-order valence-corrected chi connectivity index (χ4v) is 1.66. The average Bonchev–Trinajstić information content (AvgIpc) is 2.28. The monoisotopic (exact) mass is 254 g/mol. The van der Waals surface area contributed by atoms with Crippen molar-refractivity contribution in [2.75, 3.05) is 18.9 Å². The highest BCUT2D eigenvalue weighted by Gasteiger charge is 2.10. The Balaban J connectivity index is 2.70. The van der Waals surface area contributed by atoms with Crippen LogP contribution in [-0.4, -0.2) is 19.5 Å². The molecule has 0 unspecified atom stereocenters. The van der Waals surface area contributed by atoms with Gasteiger partial charge in [0.1, 0.15) is 0 Å². The maximum absolute atomic E-state index is 11.9. The average molecular weight is 255 g/mol. The molecule has 0 saturated heterocycles. The topological polar surface area (TPSA) is 41.1 Å². The summed E-state index contributed by atoms with van der Waals surface area (Å²) in [4.78, 5) is 11.9. The second-order valence-corrected chi connectivity index (χ2v) is 4.81. The molecule has 0 radical (unpaired) electrons. The number of hydrogen-bond acceptors (Lipinski definition) is 2. The Kier molecular flexibility index (Phi) is 5.29. The summed E-state index contributed by atoms with van der Waals surface area (Å²) in [5.74, 6) is 0.496. The van der Waals surface area contributed by atoms with Crippen LogP contribution in [-0.2, 0) is 0 Å². The van der Waals surface area contributed by atoms with E-state index < -0.39 is 0 Å². The Labute approximate surface area is 108 Å². The molecule has 0 aliphatic heterocycles. The summed E-state index contributed by atoms with van der Waals surface area (Å²) < 4.78 is 0. The number of nitrogens with one attached hydrogen (secondary N) is 2. The predicted molar refractivity (Wildman–Crippen MR) is 72.8 cm³/mol.